The second kappa shape index (κ2) is 4.70. The first-order valence-electron chi connectivity index (χ1n) is 5.19. The topological polar surface area (TPSA) is 47.8 Å². The maximum absolute atomic E-state index is 11.5. The van der Waals surface area contributed by atoms with Crippen LogP contribution in [0.25, 0.3) is 0 Å². The van der Waals surface area contributed by atoms with Gasteiger partial charge in [0.25, 0.3) is 5.56 Å². The Morgan fingerprint density at radius 1 is 1.19 bits per heavy atom. The van der Waals surface area contributed by atoms with Crippen molar-refractivity contribution >= 4 is 0 Å². The normalized spacial score (nSPS) is 10.3. The van der Waals surface area contributed by atoms with Crippen LogP contribution in [0.2, 0.25) is 0 Å². The summed E-state index contributed by atoms with van der Waals surface area (Å²) < 4.78 is 1.50. The van der Waals surface area contributed by atoms with Crippen molar-refractivity contribution < 1.29 is 0 Å². The highest BCUT2D eigenvalue weighted by atomic mass is 16.1. The Bertz CT molecular complexity index is 519. The summed E-state index contributed by atoms with van der Waals surface area (Å²) >= 11 is 0. The molecule has 0 bridgehead atoms. The molecule has 2 aromatic rings. The number of pyridine rings is 1. The summed E-state index contributed by atoms with van der Waals surface area (Å²) in [6.45, 7) is 2.48. The number of aromatic nitrogens is 3. The van der Waals surface area contributed by atoms with E-state index in [2.05, 4.69) is 10.1 Å². The Morgan fingerprint density at radius 3 is 2.69 bits per heavy atom. The van der Waals surface area contributed by atoms with E-state index < -0.39 is 0 Å². The van der Waals surface area contributed by atoms with Crippen LogP contribution in [-0.4, -0.2) is 14.8 Å². The molecule has 0 saturated heterocycles. The molecule has 0 atom stereocenters. The number of nitrogens with zero attached hydrogens (tertiary/aromatic N) is 3. The zero-order valence-electron chi connectivity index (χ0n) is 9.13. The van der Waals surface area contributed by atoms with Gasteiger partial charge in [-0.05, 0) is 37.1 Å². The van der Waals surface area contributed by atoms with Gasteiger partial charge in [0, 0.05) is 25.0 Å². The second-order valence-corrected chi connectivity index (χ2v) is 3.64. The van der Waals surface area contributed by atoms with Crippen molar-refractivity contribution in [2.75, 3.05) is 0 Å². The molecule has 0 unspecified atom stereocenters. The van der Waals surface area contributed by atoms with Crippen molar-refractivity contribution in [1.29, 1.82) is 0 Å². The molecule has 0 fully saturated rings. The number of rotatable bonds is 3. The third-order valence-corrected chi connectivity index (χ3v) is 2.36. The number of aryl methyl sites for hydroxylation is 3. The Kier molecular flexibility index (Phi) is 3.10. The van der Waals surface area contributed by atoms with Crippen LogP contribution in [0.15, 0.2) is 41.5 Å². The Hall–Kier alpha value is -1.97. The molecule has 4 nitrogen and oxygen atoms in total. The SMILES string of the molecule is Cc1ccc(=O)n(CCc2ccncc2)n1. The average molecular weight is 215 g/mol. The standard InChI is InChI=1S/C12H13N3O/c1-10-2-3-12(16)15(14-10)9-6-11-4-7-13-8-5-11/h2-5,7-8H,6,9H2,1H3. The molecule has 82 valence electrons. The highest BCUT2D eigenvalue weighted by molar-refractivity contribution is 5.09. The summed E-state index contributed by atoms with van der Waals surface area (Å²) in [7, 11) is 0. The van der Waals surface area contributed by atoms with Crippen LogP contribution in [0.4, 0.5) is 0 Å². The van der Waals surface area contributed by atoms with Gasteiger partial charge in [-0.1, -0.05) is 0 Å². The minimum Gasteiger partial charge on any atom is -0.268 e. The lowest BCUT2D eigenvalue weighted by atomic mass is 10.2. The fourth-order valence-electron chi connectivity index (χ4n) is 1.50. The van der Waals surface area contributed by atoms with Crippen molar-refractivity contribution in [1.82, 2.24) is 14.8 Å². The van der Waals surface area contributed by atoms with Gasteiger partial charge in [0.05, 0.1) is 5.69 Å². The van der Waals surface area contributed by atoms with E-state index in [-0.39, 0.29) is 5.56 Å². The van der Waals surface area contributed by atoms with Crippen LogP contribution >= 0.6 is 0 Å². The number of hydrogen-bond acceptors (Lipinski definition) is 3. The first-order chi connectivity index (χ1) is 7.75. The van der Waals surface area contributed by atoms with Gasteiger partial charge < -0.3 is 0 Å². The maximum Gasteiger partial charge on any atom is 0.266 e. The monoisotopic (exact) mass is 215 g/mol. The third kappa shape index (κ3) is 2.53. The van der Waals surface area contributed by atoms with E-state index >= 15 is 0 Å². The lowest BCUT2D eigenvalue weighted by Gasteiger charge is -2.04. The van der Waals surface area contributed by atoms with Gasteiger partial charge in [-0.25, -0.2) is 4.68 Å². The highest BCUT2D eigenvalue weighted by Crippen LogP contribution is 1.98. The highest BCUT2D eigenvalue weighted by Gasteiger charge is 1.98. The molecule has 2 heterocycles. The van der Waals surface area contributed by atoms with Gasteiger partial charge in [0.15, 0.2) is 0 Å². The predicted octanol–water partition coefficient (Wildman–Crippen LogP) is 1.19. The van der Waals surface area contributed by atoms with Gasteiger partial charge in [-0.3, -0.25) is 9.78 Å². The molecule has 0 aliphatic carbocycles. The molecule has 0 aromatic carbocycles. The second-order valence-electron chi connectivity index (χ2n) is 3.64. The van der Waals surface area contributed by atoms with Crippen molar-refractivity contribution in [2.45, 2.75) is 19.9 Å². The van der Waals surface area contributed by atoms with E-state index in [1.807, 2.05) is 19.1 Å². The molecule has 0 saturated carbocycles. The number of hydrogen-bond donors (Lipinski definition) is 0. The average Bonchev–Trinajstić information content (AvgIpc) is 2.32. The molecular weight excluding hydrogens is 202 g/mol. The molecule has 0 spiro atoms. The summed E-state index contributed by atoms with van der Waals surface area (Å²) in [5.74, 6) is 0. The fourth-order valence-corrected chi connectivity index (χ4v) is 1.50. The molecule has 2 aromatic heterocycles. The van der Waals surface area contributed by atoms with Crippen LogP contribution in [0.5, 0.6) is 0 Å². The van der Waals surface area contributed by atoms with Crippen LogP contribution in [0.3, 0.4) is 0 Å². The first-order valence-corrected chi connectivity index (χ1v) is 5.19. The van der Waals surface area contributed by atoms with Gasteiger partial charge in [-0.2, -0.15) is 5.10 Å². The lowest BCUT2D eigenvalue weighted by Crippen LogP contribution is -2.23. The summed E-state index contributed by atoms with van der Waals surface area (Å²) in [4.78, 5) is 15.4. The van der Waals surface area contributed by atoms with Gasteiger partial charge >= 0.3 is 0 Å². The predicted molar refractivity (Wildman–Crippen MR) is 61.2 cm³/mol. The van der Waals surface area contributed by atoms with Gasteiger partial charge in [0.2, 0.25) is 0 Å². The summed E-state index contributed by atoms with van der Waals surface area (Å²) in [5, 5.41) is 4.18. The minimum absolute atomic E-state index is 0.0559. The Labute approximate surface area is 93.6 Å². The molecule has 0 radical (unpaired) electrons. The van der Waals surface area contributed by atoms with Crippen LogP contribution in [0.1, 0.15) is 11.3 Å². The van der Waals surface area contributed by atoms with Crippen molar-refractivity contribution in [3.8, 4) is 0 Å². The summed E-state index contributed by atoms with van der Waals surface area (Å²) in [6, 6.07) is 7.17. The smallest absolute Gasteiger partial charge is 0.266 e. The Balaban J connectivity index is 2.11. The first kappa shape index (κ1) is 10.5. The van der Waals surface area contributed by atoms with Gasteiger partial charge in [0.1, 0.15) is 0 Å². The van der Waals surface area contributed by atoms with Crippen molar-refractivity contribution in [3.05, 3.63) is 58.3 Å². The van der Waals surface area contributed by atoms with Gasteiger partial charge in [-0.15, -0.1) is 0 Å². The lowest BCUT2D eigenvalue weighted by molar-refractivity contribution is 0.570. The van der Waals surface area contributed by atoms with E-state index in [1.165, 1.54) is 4.68 Å². The van der Waals surface area contributed by atoms with E-state index in [9.17, 15) is 4.79 Å². The van der Waals surface area contributed by atoms with E-state index in [0.29, 0.717) is 6.54 Å². The van der Waals surface area contributed by atoms with Crippen LogP contribution in [-0.2, 0) is 13.0 Å². The molecule has 4 heteroatoms. The largest absolute Gasteiger partial charge is 0.268 e. The molecule has 0 N–H and O–H groups in total. The maximum atomic E-state index is 11.5. The quantitative estimate of drug-likeness (QED) is 0.772. The van der Waals surface area contributed by atoms with Crippen LogP contribution < -0.4 is 5.56 Å². The molecular formula is C12H13N3O. The molecule has 0 amide bonds. The molecule has 2 rings (SSSR count). The van der Waals surface area contributed by atoms with E-state index in [0.717, 1.165) is 17.7 Å². The van der Waals surface area contributed by atoms with Crippen LogP contribution in [0, 0.1) is 6.92 Å². The van der Waals surface area contributed by atoms with E-state index in [1.54, 1.807) is 24.5 Å². The Morgan fingerprint density at radius 2 is 1.94 bits per heavy atom. The zero-order valence-corrected chi connectivity index (χ0v) is 9.13. The molecule has 16 heavy (non-hydrogen) atoms. The fraction of sp³-hybridized carbons (Fsp3) is 0.250. The summed E-state index contributed by atoms with van der Waals surface area (Å²) in [6.07, 6.45) is 4.29. The molecule has 0 aliphatic rings. The summed E-state index contributed by atoms with van der Waals surface area (Å²) in [5.41, 5.74) is 1.96. The zero-order chi connectivity index (χ0) is 11.4. The van der Waals surface area contributed by atoms with Crippen molar-refractivity contribution in [3.63, 3.8) is 0 Å². The molecule has 0 aliphatic heterocycles. The van der Waals surface area contributed by atoms with E-state index in [4.69, 9.17) is 0 Å². The van der Waals surface area contributed by atoms with Crippen molar-refractivity contribution in [2.24, 2.45) is 0 Å². The third-order valence-electron chi connectivity index (χ3n) is 2.36. The minimum atomic E-state index is -0.0559.